The number of carbonyl (C=O) groups is 2. The quantitative estimate of drug-likeness (QED) is 0.643. The predicted octanol–water partition coefficient (Wildman–Crippen LogP) is 1.23. The number of amides is 3. The molecule has 0 aromatic rings. The fourth-order valence-corrected chi connectivity index (χ4v) is 5.18. The van der Waals surface area contributed by atoms with Gasteiger partial charge in [-0.3, -0.25) is 4.79 Å². The largest absolute Gasteiger partial charge is 0.378 e. The molecule has 2 saturated heterocycles. The molecule has 0 saturated carbocycles. The number of urea groups is 1. The number of ether oxygens (including phenoxy) is 1. The first-order valence-corrected chi connectivity index (χ1v) is 14.0. The minimum Gasteiger partial charge on any atom is -0.378 e. The van der Waals surface area contributed by atoms with E-state index in [-0.39, 0.29) is 11.9 Å². The lowest BCUT2D eigenvalue weighted by Crippen LogP contribution is -2.61. The summed E-state index contributed by atoms with van der Waals surface area (Å²) >= 11 is 0. The van der Waals surface area contributed by atoms with Crippen molar-refractivity contribution in [2.75, 3.05) is 45.9 Å². The van der Waals surface area contributed by atoms with Crippen molar-refractivity contribution in [1.82, 2.24) is 20.4 Å². The van der Waals surface area contributed by atoms with Crippen molar-refractivity contribution in [2.45, 2.75) is 57.0 Å². The summed E-state index contributed by atoms with van der Waals surface area (Å²) in [4.78, 5) is 29.7. The topological polar surface area (TPSA) is 97.7 Å². The Balaban J connectivity index is 2.05. The molecule has 2 N–H and O–H groups in total. The van der Waals surface area contributed by atoms with E-state index in [0.717, 1.165) is 19.6 Å². The van der Waals surface area contributed by atoms with Gasteiger partial charge in [-0.15, -0.1) is 0 Å². The molecule has 0 aromatic carbocycles. The molecule has 0 bridgehead atoms. The van der Waals surface area contributed by atoms with Crippen LogP contribution in [0.2, 0.25) is 25.7 Å². The molecule has 9 heteroatoms. The third kappa shape index (κ3) is 6.46. The van der Waals surface area contributed by atoms with E-state index in [1.54, 1.807) is 4.90 Å². The Bertz CT molecular complexity index is 587. The van der Waals surface area contributed by atoms with Crippen LogP contribution in [0.25, 0.3) is 0 Å². The fourth-order valence-electron chi connectivity index (χ4n) is 3.67. The summed E-state index contributed by atoms with van der Waals surface area (Å²) in [5.41, 5.74) is -0.843. The van der Waals surface area contributed by atoms with Gasteiger partial charge in [-0.1, -0.05) is 26.6 Å². The van der Waals surface area contributed by atoms with Crippen molar-refractivity contribution in [3.05, 3.63) is 0 Å². The second kappa shape index (κ2) is 9.72. The van der Waals surface area contributed by atoms with Gasteiger partial charge in [0.15, 0.2) is 0 Å². The van der Waals surface area contributed by atoms with Crippen LogP contribution < -0.4 is 10.6 Å². The van der Waals surface area contributed by atoms with E-state index in [2.05, 4.69) is 48.2 Å². The smallest absolute Gasteiger partial charge is 0.318 e. The van der Waals surface area contributed by atoms with Crippen LogP contribution in [0.15, 0.2) is 0 Å². The van der Waals surface area contributed by atoms with Crippen LogP contribution in [-0.4, -0.2) is 87.3 Å². The average Bonchev–Trinajstić information content (AvgIpc) is 2.67. The number of hydrogen-bond acceptors (Lipinski definition) is 5. The highest BCUT2D eigenvalue weighted by Gasteiger charge is 2.39. The van der Waals surface area contributed by atoms with Gasteiger partial charge in [0.1, 0.15) is 11.6 Å². The van der Waals surface area contributed by atoms with Gasteiger partial charge in [-0.25, -0.2) is 4.79 Å². The van der Waals surface area contributed by atoms with E-state index in [1.807, 2.05) is 0 Å². The SMILES string of the molecule is CCN1CCC(C#N)(NC(=O)C(C[Si](C)(C)C)NC(=O)N2CCOCC2)CC1. The number of likely N-dealkylation sites (tertiary alicyclic amines) is 1. The number of carbonyl (C=O) groups excluding carboxylic acids is 2. The molecule has 0 radical (unpaired) electrons. The van der Waals surface area contributed by atoms with Gasteiger partial charge in [0.05, 0.1) is 19.3 Å². The molecule has 3 amide bonds. The second-order valence-electron chi connectivity index (χ2n) is 8.98. The van der Waals surface area contributed by atoms with Gasteiger partial charge in [0, 0.05) is 34.3 Å². The molecule has 158 valence electrons. The first-order chi connectivity index (χ1) is 13.2. The molecule has 8 nitrogen and oxygen atoms in total. The van der Waals surface area contributed by atoms with Crippen molar-refractivity contribution in [2.24, 2.45) is 0 Å². The highest BCUT2D eigenvalue weighted by atomic mass is 28.3. The van der Waals surface area contributed by atoms with Crippen LogP contribution >= 0.6 is 0 Å². The van der Waals surface area contributed by atoms with Crippen molar-refractivity contribution in [1.29, 1.82) is 5.26 Å². The Morgan fingerprint density at radius 3 is 2.29 bits per heavy atom. The van der Waals surface area contributed by atoms with Crippen molar-refractivity contribution in [3.63, 3.8) is 0 Å². The van der Waals surface area contributed by atoms with Crippen molar-refractivity contribution >= 4 is 20.0 Å². The highest BCUT2D eigenvalue weighted by molar-refractivity contribution is 6.76. The Labute approximate surface area is 169 Å². The summed E-state index contributed by atoms with van der Waals surface area (Å²) in [7, 11) is -1.63. The zero-order valence-electron chi connectivity index (χ0n) is 17.7. The van der Waals surface area contributed by atoms with Crippen LogP contribution in [0.3, 0.4) is 0 Å². The summed E-state index contributed by atoms with van der Waals surface area (Å²) in [6, 6.07) is 2.13. The average molecular weight is 410 g/mol. The minimum atomic E-state index is -1.63. The maximum atomic E-state index is 13.1. The third-order valence-electron chi connectivity index (χ3n) is 5.46. The molecule has 0 aliphatic carbocycles. The zero-order valence-corrected chi connectivity index (χ0v) is 18.7. The van der Waals surface area contributed by atoms with E-state index in [9.17, 15) is 14.9 Å². The molecule has 2 aliphatic rings. The predicted molar refractivity (Wildman–Crippen MR) is 111 cm³/mol. The molecule has 0 aromatic heterocycles. The van der Waals surface area contributed by atoms with Gasteiger partial charge in [-0.05, 0) is 25.4 Å². The van der Waals surface area contributed by atoms with Crippen LogP contribution in [0, 0.1) is 11.3 Å². The molecule has 2 heterocycles. The molecular weight excluding hydrogens is 374 g/mol. The fraction of sp³-hybridized carbons (Fsp3) is 0.842. The van der Waals surface area contributed by atoms with Crippen LogP contribution in [0.5, 0.6) is 0 Å². The Kier molecular flexibility index (Phi) is 7.86. The van der Waals surface area contributed by atoms with E-state index in [0.29, 0.717) is 45.2 Å². The van der Waals surface area contributed by atoms with Crippen molar-refractivity contribution < 1.29 is 14.3 Å². The van der Waals surface area contributed by atoms with Gasteiger partial charge < -0.3 is 25.2 Å². The number of morpholine rings is 1. The molecule has 28 heavy (non-hydrogen) atoms. The Morgan fingerprint density at radius 1 is 1.18 bits per heavy atom. The van der Waals surface area contributed by atoms with Crippen LogP contribution in [-0.2, 0) is 9.53 Å². The van der Waals surface area contributed by atoms with Crippen LogP contribution in [0.4, 0.5) is 4.79 Å². The number of nitriles is 1. The summed E-state index contributed by atoms with van der Waals surface area (Å²) in [5, 5.41) is 15.7. The normalized spacial score (nSPS) is 21.5. The summed E-state index contributed by atoms with van der Waals surface area (Å²) < 4.78 is 5.29. The summed E-state index contributed by atoms with van der Waals surface area (Å²) in [6.45, 7) is 13.3. The zero-order chi connectivity index (χ0) is 20.8. The molecule has 1 unspecified atom stereocenters. The first kappa shape index (κ1) is 22.7. The highest BCUT2D eigenvalue weighted by Crippen LogP contribution is 2.22. The monoisotopic (exact) mass is 409 g/mol. The van der Waals surface area contributed by atoms with E-state index >= 15 is 0 Å². The van der Waals surface area contributed by atoms with Crippen molar-refractivity contribution in [3.8, 4) is 6.07 Å². The first-order valence-electron chi connectivity index (χ1n) is 10.3. The summed E-state index contributed by atoms with van der Waals surface area (Å²) in [6.07, 6.45) is 1.22. The molecule has 2 aliphatic heterocycles. The van der Waals surface area contributed by atoms with Gasteiger partial charge in [0.2, 0.25) is 5.91 Å². The molecule has 2 rings (SSSR count). The van der Waals surface area contributed by atoms with E-state index < -0.39 is 19.7 Å². The number of nitrogens with zero attached hydrogens (tertiary/aromatic N) is 3. The van der Waals surface area contributed by atoms with Gasteiger partial charge in [0.25, 0.3) is 0 Å². The molecule has 2 fully saturated rings. The molecular formula is C19H35N5O3Si. The second-order valence-corrected chi connectivity index (χ2v) is 14.5. The Hall–Kier alpha value is -1.63. The lowest BCUT2D eigenvalue weighted by Gasteiger charge is -2.38. The molecule has 0 spiro atoms. The Morgan fingerprint density at radius 2 is 1.79 bits per heavy atom. The lowest BCUT2D eigenvalue weighted by molar-refractivity contribution is -0.124. The van der Waals surface area contributed by atoms with E-state index in [4.69, 9.17) is 4.74 Å². The number of nitrogens with one attached hydrogen (secondary N) is 2. The van der Waals surface area contributed by atoms with E-state index in [1.165, 1.54) is 0 Å². The minimum absolute atomic E-state index is 0.228. The number of rotatable bonds is 6. The number of piperidine rings is 1. The van der Waals surface area contributed by atoms with Crippen LogP contribution in [0.1, 0.15) is 19.8 Å². The standard InChI is InChI=1S/C19H35N5O3Si/c1-5-23-8-6-19(15-20,7-9-23)22-17(25)16(14-28(2,3)4)21-18(26)24-10-12-27-13-11-24/h16H,5-14H2,1-4H3,(H,21,26)(H,22,25). The maximum absolute atomic E-state index is 13.1. The number of hydrogen-bond donors (Lipinski definition) is 2. The lowest BCUT2D eigenvalue weighted by atomic mass is 9.88. The molecule has 1 atom stereocenters. The van der Waals surface area contributed by atoms with Gasteiger partial charge >= 0.3 is 6.03 Å². The third-order valence-corrected chi connectivity index (χ3v) is 7.10. The maximum Gasteiger partial charge on any atom is 0.318 e. The van der Waals surface area contributed by atoms with Gasteiger partial charge in [-0.2, -0.15) is 5.26 Å². The summed E-state index contributed by atoms with van der Waals surface area (Å²) in [5.74, 6) is -0.240.